The summed E-state index contributed by atoms with van der Waals surface area (Å²) in [5, 5.41) is 12.4. The molecule has 2 aromatic rings. The van der Waals surface area contributed by atoms with E-state index >= 15 is 0 Å². The largest absolute Gasteiger partial charge is 0.392 e. The molecule has 2 unspecified atom stereocenters. The number of hydrogen-bond donors (Lipinski definition) is 1. The summed E-state index contributed by atoms with van der Waals surface area (Å²) < 4.78 is 0. The van der Waals surface area contributed by atoms with Crippen molar-refractivity contribution in [3.63, 3.8) is 0 Å². The fraction of sp³-hybridized carbons (Fsp3) is 0.357. The summed E-state index contributed by atoms with van der Waals surface area (Å²) in [6.45, 7) is 0. The van der Waals surface area contributed by atoms with Gasteiger partial charge in [0.1, 0.15) is 0 Å². The predicted molar refractivity (Wildman–Crippen MR) is 64.3 cm³/mol. The summed E-state index contributed by atoms with van der Waals surface area (Å²) in [6.07, 6.45) is 6.71. The fourth-order valence-electron chi connectivity index (χ4n) is 2.76. The Labute approximate surface area is 94.9 Å². The lowest BCUT2D eigenvalue weighted by Crippen LogP contribution is -2.11. The lowest BCUT2D eigenvalue weighted by atomic mass is 9.92. The van der Waals surface area contributed by atoms with Crippen LogP contribution < -0.4 is 0 Å². The predicted octanol–water partition coefficient (Wildman–Crippen LogP) is 2.86. The SMILES string of the molecule is OC1CCCC1c1cccc2ccncc12. The maximum Gasteiger partial charge on any atom is 0.0609 e. The van der Waals surface area contributed by atoms with E-state index in [-0.39, 0.29) is 6.10 Å². The van der Waals surface area contributed by atoms with Gasteiger partial charge in [0.25, 0.3) is 0 Å². The minimum Gasteiger partial charge on any atom is -0.392 e. The lowest BCUT2D eigenvalue weighted by molar-refractivity contribution is 0.164. The van der Waals surface area contributed by atoms with Crippen molar-refractivity contribution in [1.82, 2.24) is 4.98 Å². The van der Waals surface area contributed by atoms with Gasteiger partial charge in [-0.15, -0.1) is 0 Å². The number of hydrogen-bond acceptors (Lipinski definition) is 2. The van der Waals surface area contributed by atoms with E-state index in [4.69, 9.17) is 0 Å². The molecule has 16 heavy (non-hydrogen) atoms. The third-order valence-corrected chi connectivity index (χ3v) is 3.60. The summed E-state index contributed by atoms with van der Waals surface area (Å²) in [7, 11) is 0. The quantitative estimate of drug-likeness (QED) is 0.790. The monoisotopic (exact) mass is 213 g/mol. The molecule has 0 aliphatic heterocycles. The molecule has 0 saturated heterocycles. The van der Waals surface area contributed by atoms with Gasteiger partial charge in [0.2, 0.25) is 0 Å². The molecule has 0 amide bonds. The molecule has 3 rings (SSSR count). The average molecular weight is 213 g/mol. The van der Waals surface area contributed by atoms with Gasteiger partial charge in [0.05, 0.1) is 6.10 Å². The summed E-state index contributed by atoms with van der Waals surface area (Å²) in [4.78, 5) is 4.19. The molecule has 1 aliphatic carbocycles. The second-order valence-electron chi connectivity index (χ2n) is 4.55. The number of aromatic nitrogens is 1. The van der Waals surface area contributed by atoms with Gasteiger partial charge in [-0.2, -0.15) is 0 Å². The number of pyridine rings is 1. The zero-order valence-electron chi connectivity index (χ0n) is 9.13. The number of benzene rings is 1. The van der Waals surface area contributed by atoms with Crippen molar-refractivity contribution in [2.75, 3.05) is 0 Å². The van der Waals surface area contributed by atoms with Gasteiger partial charge in [0, 0.05) is 23.7 Å². The molecule has 1 aromatic heterocycles. The number of nitrogens with zero attached hydrogens (tertiary/aromatic N) is 1. The first-order chi connectivity index (χ1) is 7.86. The molecule has 1 N–H and O–H groups in total. The zero-order valence-corrected chi connectivity index (χ0v) is 9.13. The molecule has 1 aromatic carbocycles. The second kappa shape index (κ2) is 3.87. The normalized spacial score (nSPS) is 25.1. The molecule has 2 heteroatoms. The van der Waals surface area contributed by atoms with Crippen LogP contribution in [0.25, 0.3) is 10.8 Å². The van der Waals surface area contributed by atoms with Crippen LogP contribution in [0, 0.1) is 0 Å². The highest BCUT2D eigenvalue weighted by Gasteiger charge is 2.27. The third kappa shape index (κ3) is 1.50. The molecule has 1 aliphatic rings. The van der Waals surface area contributed by atoms with Crippen LogP contribution in [0.5, 0.6) is 0 Å². The lowest BCUT2D eigenvalue weighted by Gasteiger charge is -2.16. The van der Waals surface area contributed by atoms with Crippen molar-refractivity contribution in [1.29, 1.82) is 0 Å². The Morgan fingerprint density at radius 2 is 2.12 bits per heavy atom. The van der Waals surface area contributed by atoms with Crippen LogP contribution in [0.2, 0.25) is 0 Å². The van der Waals surface area contributed by atoms with E-state index in [0.717, 1.165) is 19.3 Å². The maximum atomic E-state index is 9.98. The summed E-state index contributed by atoms with van der Waals surface area (Å²) in [6, 6.07) is 8.33. The molecular weight excluding hydrogens is 198 g/mol. The zero-order chi connectivity index (χ0) is 11.0. The molecule has 1 saturated carbocycles. The molecule has 0 bridgehead atoms. The molecule has 1 heterocycles. The van der Waals surface area contributed by atoms with Gasteiger partial charge in [-0.05, 0) is 29.9 Å². The topological polar surface area (TPSA) is 33.1 Å². The Morgan fingerprint density at radius 3 is 2.94 bits per heavy atom. The van der Waals surface area contributed by atoms with Crippen LogP contribution in [0.1, 0.15) is 30.7 Å². The van der Waals surface area contributed by atoms with Gasteiger partial charge in [0.15, 0.2) is 0 Å². The highest BCUT2D eigenvalue weighted by atomic mass is 16.3. The Hall–Kier alpha value is -1.41. The van der Waals surface area contributed by atoms with E-state index in [2.05, 4.69) is 23.2 Å². The summed E-state index contributed by atoms with van der Waals surface area (Å²) in [5.41, 5.74) is 1.26. The fourth-order valence-corrected chi connectivity index (χ4v) is 2.76. The molecule has 0 radical (unpaired) electrons. The van der Waals surface area contributed by atoms with Gasteiger partial charge in [-0.25, -0.2) is 0 Å². The molecule has 2 atom stereocenters. The van der Waals surface area contributed by atoms with E-state index in [1.165, 1.54) is 16.3 Å². The number of fused-ring (bicyclic) bond motifs is 1. The van der Waals surface area contributed by atoms with Crippen LogP contribution in [-0.4, -0.2) is 16.2 Å². The molecular formula is C14H15NO. The highest BCUT2D eigenvalue weighted by Crippen LogP contribution is 2.37. The van der Waals surface area contributed by atoms with Gasteiger partial charge in [-0.3, -0.25) is 4.98 Å². The van der Waals surface area contributed by atoms with Gasteiger partial charge >= 0.3 is 0 Å². The van der Waals surface area contributed by atoms with Crippen molar-refractivity contribution in [3.05, 3.63) is 42.2 Å². The highest BCUT2D eigenvalue weighted by molar-refractivity contribution is 5.85. The van der Waals surface area contributed by atoms with E-state index < -0.39 is 0 Å². The summed E-state index contributed by atoms with van der Waals surface area (Å²) >= 11 is 0. The average Bonchev–Trinajstić information content (AvgIpc) is 2.75. The van der Waals surface area contributed by atoms with E-state index in [1.807, 2.05) is 18.5 Å². The van der Waals surface area contributed by atoms with Crippen molar-refractivity contribution < 1.29 is 5.11 Å². The first-order valence-electron chi connectivity index (χ1n) is 5.87. The van der Waals surface area contributed by atoms with Crippen molar-refractivity contribution in [2.45, 2.75) is 31.3 Å². The van der Waals surface area contributed by atoms with Crippen LogP contribution in [-0.2, 0) is 0 Å². The number of aliphatic hydroxyl groups is 1. The minimum atomic E-state index is -0.175. The standard InChI is InChI=1S/C14H15NO/c16-14-6-2-5-12(14)11-4-1-3-10-7-8-15-9-13(10)11/h1,3-4,7-9,12,14,16H,2,5-6H2. The number of rotatable bonds is 1. The number of aliphatic hydroxyl groups excluding tert-OH is 1. The Balaban J connectivity index is 2.16. The Bertz CT molecular complexity index is 504. The maximum absolute atomic E-state index is 9.98. The first kappa shape index (κ1) is 9.79. The molecule has 1 fully saturated rings. The van der Waals surface area contributed by atoms with Gasteiger partial charge < -0.3 is 5.11 Å². The second-order valence-corrected chi connectivity index (χ2v) is 4.55. The van der Waals surface area contributed by atoms with Crippen molar-refractivity contribution in [2.24, 2.45) is 0 Å². The molecule has 82 valence electrons. The first-order valence-corrected chi connectivity index (χ1v) is 5.87. The Morgan fingerprint density at radius 1 is 1.19 bits per heavy atom. The van der Waals surface area contributed by atoms with Crippen LogP contribution in [0.4, 0.5) is 0 Å². The van der Waals surface area contributed by atoms with Crippen LogP contribution in [0.3, 0.4) is 0 Å². The van der Waals surface area contributed by atoms with Crippen molar-refractivity contribution >= 4 is 10.8 Å². The minimum absolute atomic E-state index is 0.175. The van der Waals surface area contributed by atoms with Gasteiger partial charge in [-0.1, -0.05) is 24.6 Å². The smallest absolute Gasteiger partial charge is 0.0609 e. The Kier molecular flexibility index (Phi) is 2.37. The molecule has 2 nitrogen and oxygen atoms in total. The molecule has 0 spiro atoms. The van der Waals surface area contributed by atoms with E-state index in [9.17, 15) is 5.11 Å². The van der Waals surface area contributed by atoms with Crippen LogP contribution in [0.15, 0.2) is 36.7 Å². The van der Waals surface area contributed by atoms with Crippen molar-refractivity contribution in [3.8, 4) is 0 Å². The van der Waals surface area contributed by atoms with E-state index in [0.29, 0.717) is 5.92 Å². The van der Waals surface area contributed by atoms with Crippen LogP contribution >= 0.6 is 0 Å². The summed E-state index contributed by atoms with van der Waals surface area (Å²) in [5.74, 6) is 0.299. The van der Waals surface area contributed by atoms with E-state index in [1.54, 1.807) is 0 Å². The third-order valence-electron chi connectivity index (χ3n) is 3.60.